The molecular formula is C110H100BClN6O8P4Pd. The van der Waals surface area contributed by atoms with Crippen LogP contribution in [0.25, 0.3) is 32.8 Å². The van der Waals surface area contributed by atoms with Gasteiger partial charge in [-0.05, 0) is 179 Å². The van der Waals surface area contributed by atoms with Crippen LogP contribution in [0.4, 0.5) is 21.0 Å². The third kappa shape index (κ3) is 30.6. The SMILES string of the molecule is CC(C)(C)OC(=O)Nc1ccc(-c2n[nH]c(=O)c3ccccc23)cc1.CC(C)(C)OC(=O)Nc1ccc(B(O)O)cc1.O=c1[nH]nc(Cl)c2ccccc12.[Pd].c1ccc(P(c2ccccc2)c2ccccc2)cc1.c1ccc(P(c2ccccc2)c2ccccc2)cc1.c1ccc(P(c2ccccc2)c2ccccc2)cc1.c1ccc(P(c2ccccc2)c2ccccc2)cc1. The Morgan fingerprint density at radius 3 is 0.710 bits per heavy atom. The van der Waals surface area contributed by atoms with Crippen LogP contribution in [0.2, 0.25) is 5.15 Å². The monoisotopic (exact) mass is 1910 g/mol. The maximum atomic E-state index is 11.9. The van der Waals surface area contributed by atoms with E-state index in [9.17, 15) is 19.2 Å². The summed E-state index contributed by atoms with van der Waals surface area (Å²) in [5, 5.41) is 55.3. The number of nitrogens with zero attached hydrogens (tertiary/aromatic N) is 2. The number of aromatic amines is 2. The second-order valence-corrected chi connectivity index (χ2v) is 40.3. The molecule has 2 amide bonds. The average Bonchev–Trinajstić information content (AvgIpc) is 0.675. The number of aromatic nitrogens is 4. The third-order valence-electron chi connectivity index (χ3n) is 19.2. The van der Waals surface area contributed by atoms with Crippen molar-refractivity contribution in [2.45, 2.75) is 52.7 Å². The van der Waals surface area contributed by atoms with E-state index in [0.717, 1.165) is 10.9 Å². The fourth-order valence-electron chi connectivity index (χ4n) is 13.4. The van der Waals surface area contributed by atoms with Gasteiger partial charge in [0.1, 0.15) is 11.2 Å². The van der Waals surface area contributed by atoms with Crippen LogP contribution in [0.3, 0.4) is 0 Å². The van der Waals surface area contributed by atoms with Crippen molar-refractivity contribution in [1.82, 2.24) is 20.4 Å². The number of amides is 2. The minimum atomic E-state index is -1.51. The molecule has 0 spiro atoms. The Morgan fingerprint density at radius 2 is 0.489 bits per heavy atom. The number of halogens is 1. The quantitative estimate of drug-likeness (QED) is 0.0398. The largest absolute Gasteiger partial charge is 0.488 e. The van der Waals surface area contributed by atoms with Crippen LogP contribution < -0.4 is 90.9 Å². The van der Waals surface area contributed by atoms with E-state index in [1.54, 1.807) is 69.3 Å². The van der Waals surface area contributed by atoms with Gasteiger partial charge in [-0.2, -0.15) is 10.2 Å². The van der Waals surface area contributed by atoms with Crippen LogP contribution in [0.5, 0.6) is 0 Å². The van der Waals surface area contributed by atoms with Crippen molar-refractivity contribution >= 4 is 165 Å². The number of hydrogen-bond donors (Lipinski definition) is 6. The van der Waals surface area contributed by atoms with Gasteiger partial charge in [0, 0.05) is 48.1 Å². The molecule has 0 aliphatic rings. The number of carbonyl (C=O) groups excluding carboxylic acids is 2. The van der Waals surface area contributed by atoms with Gasteiger partial charge in [-0.1, -0.05) is 436 Å². The molecule has 131 heavy (non-hydrogen) atoms. The molecule has 0 aliphatic carbocycles. The van der Waals surface area contributed by atoms with E-state index in [2.05, 4.69) is 395 Å². The van der Waals surface area contributed by atoms with Crippen LogP contribution >= 0.6 is 43.3 Å². The molecule has 0 radical (unpaired) electrons. The van der Waals surface area contributed by atoms with Gasteiger partial charge in [0.15, 0.2) is 5.15 Å². The smallest absolute Gasteiger partial charge is 0.444 e. The van der Waals surface area contributed by atoms with Gasteiger partial charge in [0.05, 0.1) is 16.5 Å². The second kappa shape index (κ2) is 50.8. The fourth-order valence-corrected chi connectivity index (χ4v) is 22.9. The van der Waals surface area contributed by atoms with Crippen LogP contribution in [0.15, 0.2) is 471 Å². The molecule has 18 aromatic rings. The van der Waals surface area contributed by atoms with E-state index >= 15 is 0 Å². The number of H-pyrrole nitrogens is 2. The summed E-state index contributed by atoms with van der Waals surface area (Å²) in [6.45, 7) is 10.8. The summed E-state index contributed by atoms with van der Waals surface area (Å²) in [5.74, 6) is 0. The molecule has 0 aliphatic heterocycles. The Bertz CT molecular complexity index is 5730. The van der Waals surface area contributed by atoms with Crippen molar-refractivity contribution in [2.75, 3.05) is 10.6 Å². The van der Waals surface area contributed by atoms with Gasteiger partial charge in [-0.25, -0.2) is 19.8 Å². The molecule has 16 aromatic carbocycles. The number of ether oxygens (including phenoxy) is 2. The van der Waals surface area contributed by atoms with Crippen LogP contribution in [0.1, 0.15) is 41.5 Å². The van der Waals surface area contributed by atoms with Crippen molar-refractivity contribution < 1.29 is 49.5 Å². The molecule has 2 heterocycles. The van der Waals surface area contributed by atoms with Crippen molar-refractivity contribution in [1.29, 1.82) is 0 Å². The molecular weight excluding hydrogens is 1810 g/mol. The van der Waals surface area contributed by atoms with Crippen LogP contribution in [-0.4, -0.2) is 60.9 Å². The van der Waals surface area contributed by atoms with Gasteiger partial charge >= 0.3 is 19.3 Å². The molecule has 21 heteroatoms. The normalized spacial score (nSPS) is 10.7. The maximum absolute atomic E-state index is 11.9. The van der Waals surface area contributed by atoms with Crippen molar-refractivity contribution in [2.24, 2.45) is 0 Å². The predicted molar refractivity (Wildman–Crippen MR) is 552 cm³/mol. The van der Waals surface area contributed by atoms with Crippen molar-refractivity contribution in [3.63, 3.8) is 0 Å². The summed E-state index contributed by atoms with van der Waals surface area (Å²) in [6.07, 6.45) is -1.05. The van der Waals surface area contributed by atoms with Gasteiger partial charge in [0.25, 0.3) is 11.1 Å². The first-order valence-electron chi connectivity index (χ1n) is 42.2. The standard InChI is InChI=1S/C19H19N3O3.4C18H15P.C11H16BNO4.C8H5ClN2O.Pd/c1-19(2,3)25-18(24)20-13-10-8-12(9-11-13)16-14-6-4-5-7-15(14)17(23)22-21-16;4*1-4-10-16(11-5-1)19(17-12-6-2-7-13-17)18-14-8-3-9-15-18;1-11(2,3)17-10(14)13-9-6-4-8(5-7-9)12(15)16;9-7-5-3-1-2-4-6(5)8(12)11-10-7;/h4-11H,1-3H3,(H,20,24)(H,22,23);4*1-15H;4-7,15-16H,1-3H3,(H,13,14);1-4H,(H,11,12);. The Labute approximate surface area is 790 Å². The van der Waals surface area contributed by atoms with Gasteiger partial charge < -0.3 is 19.5 Å². The molecule has 14 nitrogen and oxygen atoms in total. The van der Waals surface area contributed by atoms with E-state index in [-0.39, 0.29) is 31.5 Å². The Kier molecular flexibility index (Phi) is 38.2. The zero-order valence-corrected chi connectivity index (χ0v) is 79.1. The Balaban J connectivity index is 0.000000148. The second-order valence-electron chi connectivity index (χ2n) is 31.0. The van der Waals surface area contributed by atoms with Gasteiger partial charge in [-0.15, -0.1) is 0 Å². The van der Waals surface area contributed by atoms with E-state index in [1.807, 2.05) is 57.2 Å². The number of anilines is 2. The summed E-state index contributed by atoms with van der Waals surface area (Å²) in [5.41, 5.74) is 1.49. The van der Waals surface area contributed by atoms with E-state index in [4.69, 9.17) is 31.1 Å². The third-order valence-corrected chi connectivity index (χ3v) is 29.2. The molecule has 6 N–H and O–H groups in total. The maximum Gasteiger partial charge on any atom is 0.488 e. The zero-order chi connectivity index (χ0) is 91.3. The van der Waals surface area contributed by atoms with E-state index < -0.39 is 62.2 Å². The van der Waals surface area contributed by atoms with Gasteiger partial charge in [0.2, 0.25) is 0 Å². The summed E-state index contributed by atoms with van der Waals surface area (Å²) < 4.78 is 10.3. The first kappa shape index (κ1) is 98.6. The van der Waals surface area contributed by atoms with Crippen molar-refractivity contribution in [3.8, 4) is 11.3 Å². The van der Waals surface area contributed by atoms with Crippen LogP contribution in [0, 0.1) is 0 Å². The number of benzene rings is 16. The number of rotatable bonds is 16. The average molecular weight is 1910 g/mol. The molecule has 18 rings (SSSR count). The molecule has 2 aromatic heterocycles. The topological polar surface area (TPSA) is 209 Å². The number of nitrogens with one attached hydrogen (secondary N) is 4. The molecule has 0 atom stereocenters. The minimum absolute atomic E-state index is 0. The zero-order valence-electron chi connectivity index (χ0n) is 73.2. The van der Waals surface area contributed by atoms with Crippen LogP contribution in [-0.2, 0) is 29.9 Å². The molecule has 0 fully saturated rings. The first-order chi connectivity index (χ1) is 63.2. The number of fused-ring (bicyclic) bond motifs is 2. The molecule has 0 unspecified atom stereocenters. The first-order valence-corrected chi connectivity index (χ1v) is 47.9. The van der Waals surface area contributed by atoms with Gasteiger partial charge in [-0.3, -0.25) is 20.2 Å². The summed E-state index contributed by atoms with van der Waals surface area (Å²) in [7, 11) is -3.29. The Morgan fingerprint density at radius 1 is 0.290 bits per heavy atom. The molecule has 0 bridgehead atoms. The fraction of sp³-hybridized carbons (Fsp3) is 0.0727. The van der Waals surface area contributed by atoms with E-state index in [0.29, 0.717) is 43.8 Å². The van der Waals surface area contributed by atoms with E-state index in [1.165, 1.54) is 75.8 Å². The number of carbonyl (C=O) groups is 2. The molecule has 0 saturated carbocycles. The molecule has 658 valence electrons. The summed E-state index contributed by atoms with van der Waals surface area (Å²) in [6, 6.07) is 157. The Hall–Kier alpha value is -13.0. The number of hydrogen-bond acceptors (Lipinski definition) is 10. The summed E-state index contributed by atoms with van der Waals surface area (Å²) in [4.78, 5) is 46.3. The minimum Gasteiger partial charge on any atom is -0.444 e. The molecule has 0 saturated heterocycles. The predicted octanol–water partition coefficient (Wildman–Crippen LogP) is 20.0. The summed E-state index contributed by atoms with van der Waals surface area (Å²) >= 11 is 5.75. The van der Waals surface area contributed by atoms with Crippen molar-refractivity contribution in [3.05, 3.63) is 487 Å².